The van der Waals surface area contributed by atoms with Crippen LogP contribution in [0.1, 0.15) is 41.4 Å². The van der Waals surface area contributed by atoms with Gasteiger partial charge in [0.15, 0.2) is 0 Å². The zero-order chi connectivity index (χ0) is 16.8. The minimum atomic E-state index is -0.220. The van der Waals surface area contributed by atoms with Crippen molar-refractivity contribution in [1.82, 2.24) is 9.97 Å². The zero-order valence-electron chi connectivity index (χ0n) is 14.3. The molecule has 122 valence electrons. The minimum absolute atomic E-state index is 0.220. The first-order chi connectivity index (χ1) is 11.0. The van der Waals surface area contributed by atoms with E-state index in [1.54, 1.807) is 6.07 Å². The molecule has 0 bridgehead atoms. The van der Waals surface area contributed by atoms with Gasteiger partial charge in [0.05, 0.1) is 0 Å². The van der Waals surface area contributed by atoms with Crippen LogP contribution in [0.25, 0.3) is 0 Å². The molecule has 2 aromatic rings. The Morgan fingerprint density at radius 3 is 2.48 bits per heavy atom. The number of carbonyl (C=O) groups excluding carboxylic acids is 1. The Balaban J connectivity index is 2.13. The fourth-order valence-electron chi connectivity index (χ4n) is 2.43. The molecule has 1 aromatic carbocycles. The predicted molar refractivity (Wildman–Crippen MR) is 94.1 cm³/mol. The lowest BCUT2D eigenvalue weighted by Crippen LogP contribution is -2.21. The molecule has 0 atom stereocenters. The van der Waals surface area contributed by atoms with Crippen LogP contribution in [-0.2, 0) is 0 Å². The molecule has 0 aliphatic heterocycles. The average molecular weight is 312 g/mol. The zero-order valence-corrected chi connectivity index (χ0v) is 14.3. The Labute approximate surface area is 137 Å². The van der Waals surface area contributed by atoms with Gasteiger partial charge in [-0.25, -0.2) is 9.97 Å². The van der Waals surface area contributed by atoms with Crippen molar-refractivity contribution in [3.8, 4) is 0 Å². The molecular weight excluding hydrogens is 288 g/mol. The van der Waals surface area contributed by atoms with E-state index in [2.05, 4.69) is 28.3 Å². The number of rotatable bonds is 6. The van der Waals surface area contributed by atoms with E-state index < -0.39 is 0 Å². The summed E-state index contributed by atoms with van der Waals surface area (Å²) in [6, 6.07) is 7.69. The maximum absolute atomic E-state index is 12.4. The molecule has 0 radical (unpaired) electrons. The van der Waals surface area contributed by atoms with E-state index in [1.165, 1.54) is 6.33 Å². The van der Waals surface area contributed by atoms with Crippen LogP contribution in [0.4, 0.5) is 11.5 Å². The van der Waals surface area contributed by atoms with Gasteiger partial charge in [0.1, 0.15) is 17.8 Å². The highest BCUT2D eigenvalue weighted by atomic mass is 16.1. The van der Waals surface area contributed by atoms with Gasteiger partial charge in [-0.3, -0.25) is 4.79 Å². The summed E-state index contributed by atoms with van der Waals surface area (Å²) in [6.45, 7) is 7.07. The van der Waals surface area contributed by atoms with Gasteiger partial charge in [0, 0.05) is 25.3 Å². The van der Waals surface area contributed by atoms with Gasteiger partial charge < -0.3 is 10.2 Å². The maximum atomic E-state index is 12.4. The van der Waals surface area contributed by atoms with Crippen LogP contribution in [0.2, 0.25) is 0 Å². The van der Waals surface area contributed by atoms with Crippen molar-refractivity contribution in [3.63, 3.8) is 0 Å². The van der Waals surface area contributed by atoms with Crippen molar-refractivity contribution in [2.75, 3.05) is 23.8 Å². The van der Waals surface area contributed by atoms with Crippen LogP contribution in [0.3, 0.4) is 0 Å². The molecule has 1 heterocycles. The first-order valence-corrected chi connectivity index (χ1v) is 7.92. The summed E-state index contributed by atoms with van der Waals surface area (Å²) in [6.07, 6.45) is 3.65. The Kier molecular flexibility index (Phi) is 5.68. The third kappa shape index (κ3) is 4.77. The van der Waals surface area contributed by atoms with Crippen LogP contribution < -0.4 is 10.2 Å². The molecule has 0 saturated heterocycles. The molecule has 0 saturated carbocycles. The number of nitrogens with zero attached hydrogens (tertiary/aromatic N) is 3. The number of aryl methyl sites for hydroxylation is 2. The van der Waals surface area contributed by atoms with Crippen molar-refractivity contribution in [2.45, 2.75) is 33.6 Å². The lowest BCUT2D eigenvalue weighted by molar-refractivity contribution is 0.102. The van der Waals surface area contributed by atoms with E-state index in [-0.39, 0.29) is 5.91 Å². The smallest absolute Gasteiger partial charge is 0.274 e. The highest BCUT2D eigenvalue weighted by Crippen LogP contribution is 2.16. The number of aromatic nitrogens is 2. The van der Waals surface area contributed by atoms with Gasteiger partial charge in [-0.1, -0.05) is 19.4 Å². The number of unbranched alkanes of at least 4 members (excludes halogenated alkanes) is 1. The van der Waals surface area contributed by atoms with E-state index in [9.17, 15) is 4.79 Å². The van der Waals surface area contributed by atoms with Crippen LogP contribution >= 0.6 is 0 Å². The first-order valence-electron chi connectivity index (χ1n) is 7.92. The van der Waals surface area contributed by atoms with Crippen LogP contribution in [-0.4, -0.2) is 29.5 Å². The van der Waals surface area contributed by atoms with Gasteiger partial charge >= 0.3 is 0 Å². The molecule has 5 nitrogen and oxygen atoms in total. The van der Waals surface area contributed by atoms with Crippen LogP contribution in [0.5, 0.6) is 0 Å². The SMILES string of the molecule is CCCCN(C)c1cc(C(=O)Nc2cc(C)cc(C)c2)ncn1. The fourth-order valence-corrected chi connectivity index (χ4v) is 2.43. The van der Waals surface area contributed by atoms with Crippen molar-refractivity contribution >= 4 is 17.4 Å². The normalized spacial score (nSPS) is 10.4. The van der Waals surface area contributed by atoms with Crippen molar-refractivity contribution in [1.29, 1.82) is 0 Å². The molecule has 1 amide bonds. The first kappa shape index (κ1) is 16.9. The van der Waals surface area contributed by atoms with E-state index in [0.29, 0.717) is 5.69 Å². The van der Waals surface area contributed by atoms with Gasteiger partial charge in [-0.2, -0.15) is 0 Å². The number of amides is 1. The monoisotopic (exact) mass is 312 g/mol. The summed E-state index contributed by atoms with van der Waals surface area (Å²) < 4.78 is 0. The quantitative estimate of drug-likeness (QED) is 0.885. The lowest BCUT2D eigenvalue weighted by Gasteiger charge is -2.17. The third-order valence-corrected chi connectivity index (χ3v) is 3.60. The van der Waals surface area contributed by atoms with E-state index >= 15 is 0 Å². The molecule has 2 rings (SSSR count). The molecule has 0 aliphatic rings. The number of nitrogens with one attached hydrogen (secondary N) is 1. The lowest BCUT2D eigenvalue weighted by atomic mass is 10.1. The second kappa shape index (κ2) is 7.72. The second-order valence-electron chi connectivity index (χ2n) is 5.87. The Morgan fingerprint density at radius 2 is 1.83 bits per heavy atom. The topological polar surface area (TPSA) is 58.1 Å². The summed E-state index contributed by atoms with van der Waals surface area (Å²) in [4.78, 5) is 22.8. The third-order valence-electron chi connectivity index (χ3n) is 3.60. The second-order valence-corrected chi connectivity index (χ2v) is 5.87. The summed E-state index contributed by atoms with van der Waals surface area (Å²) in [5.41, 5.74) is 3.38. The number of anilines is 2. The van der Waals surface area contributed by atoms with Crippen molar-refractivity contribution < 1.29 is 4.79 Å². The summed E-state index contributed by atoms with van der Waals surface area (Å²) >= 11 is 0. The van der Waals surface area contributed by atoms with Gasteiger partial charge in [-0.15, -0.1) is 0 Å². The molecule has 1 N–H and O–H groups in total. The molecule has 0 aliphatic carbocycles. The number of hydrogen-bond acceptors (Lipinski definition) is 4. The molecule has 23 heavy (non-hydrogen) atoms. The van der Waals surface area contributed by atoms with Crippen LogP contribution in [0, 0.1) is 13.8 Å². The van der Waals surface area contributed by atoms with E-state index in [1.807, 2.05) is 37.9 Å². The number of benzene rings is 1. The Morgan fingerprint density at radius 1 is 1.13 bits per heavy atom. The van der Waals surface area contributed by atoms with Crippen molar-refractivity contribution in [3.05, 3.63) is 47.4 Å². The standard InChI is InChI=1S/C18H24N4O/c1-5-6-7-22(4)17-11-16(19-12-20-17)18(23)21-15-9-13(2)8-14(3)10-15/h8-12H,5-7H2,1-4H3,(H,21,23). The highest BCUT2D eigenvalue weighted by molar-refractivity contribution is 6.03. The minimum Gasteiger partial charge on any atom is -0.360 e. The largest absolute Gasteiger partial charge is 0.360 e. The molecule has 0 spiro atoms. The van der Waals surface area contributed by atoms with Crippen LogP contribution in [0.15, 0.2) is 30.6 Å². The highest BCUT2D eigenvalue weighted by Gasteiger charge is 2.11. The van der Waals surface area contributed by atoms with Gasteiger partial charge in [0.25, 0.3) is 5.91 Å². The van der Waals surface area contributed by atoms with Gasteiger partial charge in [-0.05, 0) is 43.5 Å². The molecule has 0 fully saturated rings. The maximum Gasteiger partial charge on any atom is 0.274 e. The molecule has 5 heteroatoms. The number of hydrogen-bond donors (Lipinski definition) is 1. The predicted octanol–water partition coefficient (Wildman–Crippen LogP) is 3.58. The fraction of sp³-hybridized carbons (Fsp3) is 0.389. The molecular formula is C18H24N4O. The van der Waals surface area contributed by atoms with E-state index in [4.69, 9.17) is 0 Å². The summed E-state index contributed by atoms with van der Waals surface area (Å²) in [5.74, 6) is 0.543. The Bertz CT molecular complexity index is 664. The summed E-state index contributed by atoms with van der Waals surface area (Å²) in [7, 11) is 1.98. The Hall–Kier alpha value is -2.43. The number of carbonyl (C=O) groups is 1. The average Bonchev–Trinajstić information content (AvgIpc) is 2.51. The molecule has 0 unspecified atom stereocenters. The van der Waals surface area contributed by atoms with E-state index in [0.717, 1.165) is 42.0 Å². The van der Waals surface area contributed by atoms with Crippen molar-refractivity contribution in [2.24, 2.45) is 0 Å². The molecule has 1 aromatic heterocycles. The summed E-state index contributed by atoms with van der Waals surface area (Å²) in [5, 5.41) is 2.90. The van der Waals surface area contributed by atoms with Gasteiger partial charge in [0.2, 0.25) is 0 Å².